The number of benzene rings is 3. The quantitative estimate of drug-likeness (QED) is 0.576. The van der Waals surface area contributed by atoms with Gasteiger partial charge in [0.25, 0.3) is 5.91 Å². The fourth-order valence-electron chi connectivity index (χ4n) is 3.79. The Morgan fingerprint density at radius 2 is 1.59 bits per heavy atom. The molecule has 32 heavy (non-hydrogen) atoms. The van der Waals surface area contributed by atoms with Gasteiger partial charge in [-0.15, -0.1) is 0 Å². The van der Waals surface area contributed by atoms with Crippen molar-refractivity contribution in [2.24, 2.45) is 0 Å². The van der Waals surface area contributed by atoms with Crippen LogP contribution in [-0.2, 0) is 16.0 Å². The molecular formula is C25H18F3NO3. The summed E-state index contributed by atoms with van der Waals surface area (Å²) in [5, 5.41) is 10.6. The number of aryl methyl sites for hydroxylation is 1. The first-order valence-electron chi connectivity index (χ1n) is 9.91. The third kappa shape index (κ3) is 4.01. The first kappa shape index (κ1) is 21.4. The zero-order chi connectivity index (χ0) is 22.8. The van der Waals surface area contributed by atoms with Gasteiger partial charge in [0.2, 0.25) is 0 Å². The predicted octanol–water partition coefficient (Wildman–Crippen LogP) is 5.21. The highest BCUT2D eigenvalue weighted by atomic mass is 19.2. The van der Waals surface area contributed by atoms with Gasteiger partial charge in [0.05, 0.1) is 11.6 Å². The summed E-state index contributed by atoms with van der Waals surface area (Å²) in [5.74, 6) is -4.97. The summed E-state index contributed by atoms with van der Waals surface area (Å²) < 4.78 is 40.9. The Hall–Kier alpha value is -3.87. The van der Waals surface area contributed by atoms with E-state index < -0.39 is 40.9 Å². The van der Waals surface area contributed by atoms with Gasteiger partial charge >= 0.3 is 0 Å². The molecule has 1 amide bonds. The monoisotopic (exact) mass is 437 g/mol. The van der Waals surface area contributed by atoms with E-state index >= 15 is 0 Å². The molecule has 1 unspecified atom stereocenters. The SMILES string of the molecule is O=C(CCc1ccccc1)C1=C(O)C(=O)N(c2ccc(F)c(F)c2)C1c1ccc(F)cc1. The molecule has 0 aromatic heterocycles. The topological polar surface area (TPSA) is 57.6 Å². The van der Waals surface area contributed by atoms with Gasteiger partial charge in [0, 0.05) is 18.2 Å². The lowest BCUT2D eigenvalue weighted by Gasteiger charge is -2.27. The lowest BCUT2D eigenvalue weighted by atomic mass is 9.93. The molecule has 0 bridgehead atoms. The standard InChI is InChI=1S/C25H18F3NO3/c26-17-9-7-16(8-10-17)23-22(21(30)13-6-15-4-2-1-3-5-15)24(31)25(32)29(23)18-11-12-19(27)20(28)14-18/h1-5,7-12,14,23,31H,6,13H2. The lowest BCUT2D eigenvalue weighted by molar-refractivity contribution is -0.118. The number of anilines is 1. The minimum atomic E-state index is -1.18. The second-order valence-corrected chi connectivity index (χ2v) is 7.40. The minimum Gasteiger partial charge on any atom is -0.503 e. The van der Waals surface area contributed by atoms with E-state index in [0.717, 1.165) is 34.7 Å². The molecule has 1 N–H and O–H groups in total. The van der Waals surface area contributed by atoms with Crippen molar-refractivity contribution in [3.63, 3.8) is 0 Å². The van der Waals surface area contributed by atoms with Gasteiger partial charge in [-0.1, -0.05) is 42.5 Å². The molecule has 0 spiro atoms. The second kappa shape index (κ2) is 8.70. The summed E-state index contributed by atoms with van der Waals surface area (Å²) in [7, 11) is 0. The van der Waals surface area contributed by atoms with E-state index in [1.54, 1.807) is 0 Å². The number of ketones is 1. The Labute approximate surface area is 182 Å². The smallest absolute Gasteiger partial charge is 0.294 e. The van der Waals surface area contributed by atoms with Crippen molar-refractivity contribution < 1.29 is 27.9 Å². The molecule has 1 heterocycles. The number of nitrogens with zero attached hydrogens (tertiary/aromatic N) is 1. The fraction of sp³-hybridized carbons (Fsp3) is 0.120. The summed E-state index contributed by atoms with van der Waals surface area (Å²) in [6.07, 6.45) is 0.395. The van der Waals surface area contributed by atoms with Crippen LogP contribution >= 0.6 is 0 Å². The van der Waals surface area contributed by atoms with E-state index in [0.29, 0.717) is 12.0 Å². The highest BCUT2D eigenvalue weighted by Gasteiger charge is 2.44. The number of rotatable bonds is 6. The Bertz CT molecular complexity index is 1210. The van der Waals surface area contributed by atoms with Crippen LogP contribution < -0.4 is 4.90 Å². The number of Topliss-reactive ketones (excluding diaryl/α,β-unsaturated/α-hetero) is 1. The molecule has 4 nitrogen and oxygen atoms in total. The van der Waals surface area contributed by atoms with E-state index in [9.17, 15) is 27.9 Å². The minimum absolute atomic E-state index is 0.0139. The number of hydrogen-bond donors (Lipinski definition) is 1. The lowest BCUT2D eigenvalue weighted by Crippen LogP contribution is -2.31. The molecule has 0 aliphatic carbocycles. The molecule has 1 aliphatic heterocycles. The van der Waals surface area contributed by atoms with Crippen LogP contribution in [0.1, 0.15) is 23.6 Å². The van der Waals surface area contributed by atoms with E-state index in [2.05, 4.69) is 0 Å². The molecule has 4 rings (SSSR count). The van der Waals surface area contributed by atoms with Crippen LogP contribution in [0.4, 0.5) is 18.9 Å². The number of carbonyl (C=O) groups is 2. The van der Waals surface area contributed by atoms with Crippen molar-refractivity contribution in [1.82, 2.24) is 0 Å². The van der Waals surface area contributed by atoms with Crippen LogP contribution in [0.25, 0.3) is 0 Å². The fourth-order valence-corrected chi connectivity index (χ4v) is 3.79. The Balaban J connectivity index is 1.74. The van der Waals surface area contributed by atoms with Gasteiger partial charge in [-0.05, 0) is 41.8 Å². The van der Waals surface area contributed by atoms with Gasteiger partial charge in [-0.2, -0.15) is 0 Å². The van der Waals surface area contributed by atoms with E-state index in [1.807, 2.05) is 30.3 Å². The van der Waals surface area contributed by atoms with E-state index in [4.69, 9.17) is 0 Å². The molecule has 0 saturated carbocycles. The molecule has 0 saturated heterocycles. The summed E-state index contributed by atoms with van der Waals surface area (Å²) in [4.78, 5) is 27.1. The van der Waals surface area contributed by atoms with Crippen LogP contribution in [0.3, 0.4) is 0 Å². The number of aliphatic hydroxyl groups is 1. The molecule has 7 heteroatoms. The van der Waals surface area contributed by atoms with Crippen LogP contribution in [0.2, 0.25) is 0 Å². The zero-order valence-corrected chi connectivity index (χ0v) is 16.8. The summed E-state index contributed by atoms with van der Waals surface area (Å²) in [6.45, 7) is 0. The molecule has 0 radical (unpaired) electrons. The third-order valence-electron chi connectivity index (χ3n) is 5.36. The van der Waals surface area contributed by atoms with Gasteiger partial charge < -0.3 is 5.11 Å². The molecular weight excluding hydrogens is 419 g/mol. The highest BCUT2D eigenvalue weighted by Crippen LogP contribution is 2.41. The summed E-state index contributed by atoms with van der Waals surface area (Å²) in [6, 6.07) is 16.0. The number of hydrogen-bond acceptors (Lipinski definition) is 3. The molecule has 1 aliphatic rings. The first-order chi connectivity index (χ1) is 15.4. The Morgan fingerprint density at radius 1 is 0.906 bits per heavy atom. The van der Waals surface area contributed by atoms with E-state index in [1.165, 1.54) is 18.2 Å². The third-order valence-corrected chi connectivity index (χ3v) is 5.36. The van der Waals surface area contributed by atoms with Gasteiger partial charge in [-0.25, -0.2) is 13.2 Å². The number of carbonyl (C=O) groups excluding carboxylic acids is 2. The summed E-state index contributed by atoms with van der Waals surface area (Å²) >= 11 is 0. The maximum absolute atomic E-state index is 13.9. The number of aliphatic hydroxyl groups excluding tert-OH is 1. The van der Waals surface area contributed by atoms with Crippen molar-refractivity contribution >= 4 is 17.4 Å². The molecule has 1 atom stereocenters. The molecule has 3 aromatic rings. The molecule has 3 aromatic carbocycles. The molecule has 162 valence electrons. The van der Waals surface area contributed by atoms with Gasteiger partial charge in [-0.3, -0.25) is 14.5 Å². The van der Waals surface area contributed by atoms with Gasteiger partial charge in [0.1, 0.15) is 5.82 Å². The summed E-state index contributed by atoms with van der Waals surface area (Å²) in [5.41, 5.74) is 1.04. The first-order valence-corrected chi connectivity index (χ1v) is 9.91. The van der Waals surface area contributed by atoms with E-state index in [-0.39, 0.29) is 17.7 Å². The van der Waals surface area contributed by atoms with Crippen molar-refractivity contribution in [2.75, 3.05) is 4.90 Å². The largest absolute Gasteiger partial charge is 0.503 e. The van der Waals surface area contributed by atoms with Crippen molar-refractivity contribution in [3.05, 3.63) is 113 Å². The Kier molecular flexibility index (Phi) is 5.81. The van der Waals surface area contributed by atoms with Crippen LogP contribution in [-0.4, -0.2) is 16.8 Å². The normalized spacial score (nSPS) is 16.0. The van der Waals surface area contributed by atoms with Crippen LogP contribution in [0.5, 0.6) is 0 Å². The second-order valence-electron chi connectivity index (χ2n) is 7.40. The van der Waals surface area contributed by atoms with Crippen LogP contribution in [0, 0.1) is 17.5 Å². The number of amides is 1. The zero-order valence-electron chi connectivity index (χ0n) is 16.8. The van der Waals surface area contributed by atoms with Crippen molar-refractivity contribution in [1.29, 1.82) is 0 Å². The maximum Gasteiger partial charge on any atom is 0.294 e. The Morgan fingerprint density at radius 3 is 2.25 bits per heavy atom. The predicted molar refractivity (Wildman–Crippen MR) is 112 cm³/mol. The van der Waals surface area contributed by atoms with Gasteiger partial charge in [0.15, 0.2) is 23.2 Å². The average molecular weight is 437 g/mol. The van der Waals surface area contributed by atoms with Crippen LogP contribution in [0.15, 0.2) is 84.1 Å². The molecule has 0 fully saturated rings. The highest BCUT2D eigenvalue weighted by molar-refractivity contribution is 6.16. The average Bonchev–Trinajstić information content (AvgIpc) is 3.06. The van der Waals surface area contributed by atoms with Crippen molar-refractivity contribution in [3.8, 4) is 0 Å². The van der Waals surface area contributed by atoms with Crippen molar-refractivity contribution in [2.45, 2.75) is 18.9 Å². The number of halogens is 3. The maximum atomic E-state index is 13.9.